The Labute approximate surface area is 113 Å². The lowest BCUT2D eigenvalue weighted by Gasteiger charge is -2.19. The number of carbonyl (C=O) groups excluding carboxylic acids is 1. The van der Waals surface area contributed by atoms with Crippen molar-refractivity contribution in [3.05, 3.63) is 47.3 Å². The molecule has 0 heterocycles. The Balaban J connectivity index is 2.16. The van der Waals surface area contributed by atoms with Crippen molar-refractivity contribution in [1.82, 2.24) is 5.32 Å². The molecule has 108 valence electrons. The summed E-state index contributed by atoms with van der Waals surface area (Å²) < 4.78 is 50.8. The number of benzene rings is 1. The van der Waals surface area contributed by atoms with Gasteiger partial charge in [0.2, 0.25) is 0 Å². The molecule has 2 rings (SSSR count). The van der Waals surface area contributed by atoms with Gasteiger partial charge in [-0.3, -0.25) is 4.79 Å². The van der Waals surface area contributed by atoms with Gasteiger partial charge in [-0.2, -0.15) is 13.2 Å². The largest absolute Gasteiger partial charge is 0.419 e. The van der Waals surface area contributed by atoms with E-state index in [4.69, 9.17) is 0 Å². The third kappa shape index (κ3) is 3.37. The van der Waals surface area contributed by atoms with Crippen molar-refractivity contribution in [3.8, 4) is 0 Å². The van der Waals surface area contributed by atoms with Gasteiger partial charge in [0.25, 0.3) is 5.91 Å². The maximum atomic E-state index is 13.1. The topological polar surface area (TPSA) is 29.1 Å². The molecule has 0 aromatic heterocycles. The Morgan fingerprint density at radius 2 is 2.00 bits per heavy atom. The van der Waals surface area contributed by atoms with E-state index in [2.05, 4.69) is 5.32 Å². The molecule has 0 saturated heterocycles. The molecule has 1 aliphatic rings. The van der Waals surface area contributed by atoms with Crippen molar-refractivity contribution >= 4 is 5.91 Å². The third-order valence-corrected chi connectivity index (χ3v) is 3.14. The molecule has 2 nitrogen and oxygen atoms in total. The monoisotopic (exact) mass is 287 g/mol. The number of rotatable bonds is 2. The smallest absolute Gasteiger partial charge is 0.349 e. The van der Waals surface area contributed by atoms with Crippen LogP contribution in [0.5, 0.6) is 0 Å². The van der Waals surface area contributed by atoms with Crippen LogP contribution in [0, 0.1) is 5.82 Å². The zero-order valence-corrected chi connectivity index (χ0v) is 10.5. The van der Waals surface area contributed by atoms with Crippen LogP contribution in [0.15, 0.2) is 30.4 Å². The Hall–Kier alpha value is -1.85. The van der Waals surface area contributed by atoms with Gasteiger partial charge in [0.15, 0.2) is 0 Å². The van der Waals surface area contributed by atoms with Gasteiger partial charge in [0, 0.05) is 11.6 Å². The van der Waals surface area contributed by atoms with E-state index in [0.29, 0.717) is 18.6 Å². The van der Waals surface area contributed by atoms with E-state index in [-0.39, 0.29) is 11.6 Å². The Morgan fingerprint density at radius 1 is 1.25 bits per heavy atom. The van der Waals surface area contributed by atoms with Gasteiger partial charge in [-0.15, -0.1) is 0 Å². The van der Waals surface area contributed by atoms with Gasteiger partial charge in [0.05, 0.1) is 5.56 Å². The molecule has 0 fully saturated rings. The van der Waals surface area contributed by atoms with Crippen LogP contribution in [0.4, 0.5) is 17.6 Å². The van der Waals surface area contributed by atoms with Crippen LogP contribution in [0.1, 0.15) is 35.2 Å². The lowest BCUT2D eigenvalue weighted by atomic mass is 10.0. The Kier molecular flexibility index (Phi) is 4.11. The first kappa shape index (κ1) is 14.6. The minimum Gasteiger partial charge on any atom is -0.349 e. The molecular formula is C14H13F4NO. The second kappa shape index (κ2) is 5.64. The van der Waals surface area contributed by atoms with Crippen LogP contribution in [-0.4, -0.2) is 11.9 Å². The van der Waals surface area contributed by atoms with Crippen molar-refractivity contribution in [2.75, 3.05) is 0 Å². The number of hydrogen-bond donors (Lipinski definition) is 1. The average molecular weight is 287 g/mol. The third-order valence-electron chi connectivity index (χ3n) is 3.14. The summed E-state index contributed by atoms with van der Waals surface area (Å²) in [5.41, 5.74) is -1.61. The minimum absolute atomic E-state index is 0.0908. The highest BCUT2D eigenvalue weighted by Gasteiger charge is 2.34. The highest BCUT2D eigenvalue weighted by atomic mass is 19.4. The fourth-order valence-electron chi connectivity index (χ4n) is 2.08. The minimum atomic E-state index is -4.81. The fourth-order valence-corrected chi connectivity index (χ4v) is 2.08. The van der Waals surface area contributed by atoms with E-state index >= 15 is 0 Å². The summed E-state index contributed by atoms with van der Waals surface area (Å²) in [5.74, 6) is -1.99. The van der Waals surface area contributed by atoms with Crippen LogP contribution in [0.2, 0.25) is 0 Å². The number of alkyl halides is 3. The molecular weight excluding hydrogens is 274 g/mol. The molecule has 1 aliphatic carbocycles. The summed E-state index contributed by atoms with van der Waals surface area (Å²) in [6.07, 6.45) is 1.31. The standard InChI is InChI=1S/C14H13F4NO/c15-12-7-6-9(8-11(12)14(16,17)18)13(20)19-10-4-2-1-3-5-10/h1-2,6-8,10H,3-5H2,(H,19,20). The summed E-state index contributed by atoms with van der Waals surface area (Å²) in [7, 11) is 0. The van der Waals surface area contributed by atoms with Crippen LogP contribution in [-0.2, 0) is 6.18 Å². The number of nitrogens with one attached hydrogen (secondary N) is 1. The first-order valence-corrected chi connectivity index (χ1v) is 6.20. The van der Waals surface area contributed by atoms with Crippen LogP contribution in [0.3, 0.4) is 0 Å². The highest BCUT2D eigenvalue weighted by Crippen LogP contribution is 2.31. The molecule has 20 heavy (non-hydrogen) atoms. The van der Waals surface area contributed by atoms with E-state index in [1.165, 1.54) is 0 Å². The van der Waals surface area contributed by atoms with Gasteiger partial charge >= 0.3 is 6.18 Å². The quantitative estimate of drug-likeness (QED) is 0.652. The molecule has 1 unspecified atom stereocenters. The molecule has 0 radical (unpaired) electrons. The first-order valence-electron chi connectivity index (χ1n) is 6.20. The molecule has 0 aliphatic heterocycles. The van der Waals surface area contributed by atoms with Gasteiger partial charge in [-0.25, -0.2) is 4.39 Å². The lowest BCUT2D eigenvalue weighted by Crippen LogP contribution is -2.35. The zero-order valence-electron chi connectivity index (χ0n) is 10.5. The second-order valence-corrected chi connectivity index (χ2v) is 4.65. The molecule has 1 atom stereocenters. The van der Waals surface area contributed by atoms with E-state index in [0.717, 1.165) is 18.9 Å². The van der Waals surface area contributed by atoms with Crippen molar-refractivity contribution in [2.24, 2.45) is 0 Å². The van der Waals surface area contributed by atoms with Crippen molar-refractivity contribution in [1.29, 1.82) is 0 Å². The van der Waals surface area contributed by atoms with Crippen molar-refractivity contribution in [3.63, 3.8) is 0 Å². The molecule has 1 aromatic carbocycles. The van der Waals surface area contributed by atoms with Gasteiger partial charge in [-0.1, -0.05) is 12.2 Å². The lowest BCUT2D eigenvalue weighted by molar-refractivity contribution is -0.140. The molecule has 1 aromatic rings. The summed E-state index contributed by atoms with van der Waals surface area (Å²) >= 11 is 0. The summed E-state index contributed by atoms with van der Waals surface area (Å²) in [5, 5.41) is 2.65. The van der Waals surface area contributed by atoms with E-state index < -0.39 is 23.5 Å². The summed E-state index contributed by atoms with van der Waals surface area (Å²) in [6, 6.07) is 2.17. The Bertz CT molecular complexity index is 536. The fraction of sp³-hybridized carbons (Fsp3) is 0.357. The number of hydrogen-bond acceptors (Lipinski definition) is 1. The number of allylic oxidation sites excluding steroid dienone is 1. The molecule has 0 saturated carbocycles. The predicted octanol–water partition coefficient (Wildman–Crippen LogP) is 3.68. The van der Waals surface area contributed by atoms with Gasteiger partial charge in [0.1, 0.15) is 5.82 Å². The van der Waals surface area contributed by atoms with Crippen molar-refractivity contribution < 1.29 is 22.4 Å². The van der Waals surface area contributed by atoms with E-state index in [1.54, 1.807) is 0 Å². The average Bonchev–Trinajstić information content (AvgIpc) is 2.39. The SMILES string of the molecule is O=C(NC1CC=CCC1)c1ccc(F)c(C(F)(F)F)c1. The van der Waals surface area contributed by atoms with Crippen molar-refractivity contribution in [2.45, 2.75) is 31.5 Å². The number of halogens is 4. The van der Waals surface area contributed by atoms with Gasteiger partial charge in [-0.05, 0) is 37.5 Å². The maximum absolute atomic E-state index is 13.1. The predicted molar refractivity (Wildman–Crippen MR) is 65.6 cm³/mol. The normalized spacial score (nSPS) is 18.9. The Morgan fingerprint density at radius 3 is 2.60 bits per heavy atom. The molecule has 0 bridgehead atoms. The summed E-state index contributed by atoms with van der Waals surface area (Å²) in [6.45, 7) is 0. The zero-order chi connectivity index (χ0) is 14.8. The first-order chi connectivity index (χ1) is 9.38. The van der Waals surface area contributed by atoms with Crippen LogP contribution < -0.4 is 5.32 Å². The molecule has 0 spiro atoms. The highest BCUT2D eigenvalue weighted by molar-refractivity contribution is 5.94. The molecule has 1 N–H and O–H groups in total. The van der Waals surface area contributed by atoms with E-state index in [1.807, 2.05) is 12.2 Å². The maximum Gasteiger partial charge on any atom is 0.419 e. The van der Waals surface area contributed by atoms with E-state index in [9.17, 15) is 22.4 Å². The molecule has 6 heteroatoms. The molecule has 1 amide bonds. The van der Waals surface area contributed by atoms with Crippen LogP contribution in [0.25, 0.3) is 0 Å². The number of carbonyl (C=O) groups is 1. The summed E-state index contributed by atoms with van der Waals surface area (Å²) in [4.78, 5) is 11.9. The van der Waals surface area contributed by atoms with Crippen LogP contribution >= 0.6 is 0 Å². The van der Waals surface area contributed by atoms with Gasteiger partial charge < -0.3 is 5.32 Å². The second-order valence-electron chi connectivity index (χ2n) is 4.65. The number of amides is 1.